The zero-order chi connectivity index (χ0) is 9.84. The van der Waals surface area contributed by atoms with Gasteiger partial charge in [-0.25, -0.2) is 0 Å². The first kappa shape index (κ1) is 10.5. The van der Waals surface area contributed by atoms with Crippen molar-refractivity contribution in [2.45, 2.75) is 12.8 Å². The van der Waals surface area contributed by atoms with E-state index in [9.17, 15) is 0 Å². The zero-order valence-corrected chi connectivity index (χ0v) is 9.34. The van der Waals surface area contributed by atoms with E-state index in [1.165, 1.54) is 0 Å². The molecule has 0 saturated carbocycles. The second-order valence-electron chi connectivity index (χ2n) is 2.97. The molecule has 1 N–H and O–H groups in total. The van der Waals surface area contributed by atoms with Crippen LogP contribution in [0.15, 0.2) is 22.7 Å². The number of benzene rings is 1. The lowest BCUT2D eigenvalue weighted by Crippen LogP contribution is -1.99. The third-order valence-electron chi connectivity index (χ3n) is 2.01. The number of hydrogen-bond acceptors (Lipinski definition) is 2. The fourth-order valence-corrected chi connectivity index (χ4v) is 1.88. The minimum Gasteiger partial charge on any atom is -0.497 e. The predicted octanol–water partition coefficient (Wildman–Crippen LogP) is 2.55. The van der Waals surface area contributed by atoms with Gasteiger partial charge in [0.15, 0.2) is 0 Å². The summed E-state index contributed by atoms with van der Waals surface area (Å²) in [5.41, 5.74) is 1.10. The molecule has 1 unspecified atom stereocenters. The third kappa shape index (κ3) is 2.45. The molecule has 0 aliphatic carbocycles. The van der Waals surface area contributed by atoms with Crippen LogP contribution >= 0.6 is 15.9 Å². The summed E-state index contributed by atoms with van der Waals surface area (Å²) in [4.78, 5) is 0. The van der Waals surface area contributed by atoms with Gasteiger partial charge in [0.05, 0.1) is 7.11 Å². The van der Waals surface area contributed by atoms with Crippen LogP contribution in [0.3, 0.4) is 0 Å². The molecule has 0 fully saturated rings. The number of hydrogen-bond donors (Lipinski definition) is 1. The lowest BCUT2D eigenvalue weighted by Gasteiger charge is -2.11. The minimum atomic E-state index is 0.153. The molecule has 0 aromatic heterocycles. The molecule has 72 valence electrons. The van der Waals surface area contributed by atoms with E-state index >= 15 is 0 Å². The van der Waals surface area contributed by atoms with Gasteiger partial charge in [-0.3, -0.25) is 0 Å². The van der Waals surface area contributed by atoms with E-state index in [4.69, 9.17) is 9.84 Å². The largest absolute Gasteiger partial charge is 0.497 e. The highest BCUT2D eigenvalue weighted by Gasteiger charge is 2.08. The highest BCUT2D eigenvalue weighted by atomic mass is 79.9. The van der Waals surface area contributed by atoms with E-state index in [2.05, 4.69) is 15.9 Å². The summed E-state index contributed by atoms with van der Waals surface area (Å²) in [5.74, 6) is 0.973. The van der Waals surface area contributed by atoms with Crippen molar-refractivity contribution in [3.63, 3.8) is 0 Å². The van der Waals surface area contributed by atoms with Crippen LogP contribution in [-0.4, -0.2) is 18.8 Å². The van der Waals surface area contributed by atoms with E-state index in [-0.39, 0.29) is 12.5 Å². The zero-order valence-electron chi connectivity index (χ0n) is 7.75. The van der Waals surface area contributed by atoms with E-state index in [1.54, 1.807) is 7.11 Å². The molecule has 0 aliphatic rings. The standard InChI is InChI=1S/C10H13BrO2/c1-7(6-12)9-4-3-8(13-2)5-10(9)11/h3-5,7,12H,6H2,1-2H3. The maximum Gasteiger partial charge on any atom is 0.120 e. The maximum absolute atomic E-state index is 8.99. The first-order valence-electron chi connectivity index (χ1n) is 4.13. The molecule has 1 rings (SSSR count). The SMILES string of the molecule is COc1ccc(C(C)CO)c(Br)c1. The normalized spacial score (nSPS) is 12.6. The predicted molar refractivity (Wildman–Crippen MR) is 56.2 cm³/mol. The van der Waals surface area contributed by atoms with Crippen molar-refractivity contribution < 1.29 is 9.84 Å². The van der Waals surface area contributed by atoms with E-state index in [1.807, 2.05) is 25.1 Å². The van der Waals surface area contributed by atoms with E-state index in [0.717, 1.165) is 15.8 Å². The number of halogens is 1. The van der Waals surface area contributed by atoms with Crippen LogP contribution in [0.25, 0.3) is 0 Å². The summed E-state index contributed by atoms with van der Waals surface area (Å²) in [5, 5.41) is 8.99. The molecule has 0 spiro atoms. The van der Waals surface area contributed by atoms with Gasteiger partial charge in [0.1, 0.15) is 5.75 Å². The molecule has 1 aromatic carbocycles. The quantitative estimate of drug-likeness (QED) is 0.886. The van der Waals surface area contributed by atoms with Gasteiger partial charge in [-0.05, 0) is 17.7 Å². The Morgan fingerprint density at radius 2 is 2.23 bits per heavy atom. The van der Waals surface area contributed by atoms with Crippen LogP contribution < -0.4 is 4.74 Å². The van der Waals surface area contributed by atoms with Gasteiger partial charge in [0.25, 0.3) is 0 Å². The topological polar surface area (TPSA) is 29.5 Å². The summed E-state index contributed by atoms with van der Waals surface area (Å²) in [6, 6.07) is 5.76. The molecule has 1 aromatic rings. The monoisotopic (exact) mass is 244 g/mol. The van der Waals surface area contributed by atoms with Gasteiger partial charge < -0.3 is 9.84 Å². The molecule has 1 atom stereocenters. The molecule has 3 heteroatoms. The van der Waals surface area contributed by atoms with Crippen LogP contribution in [0.5, 0.6) is 5.75 Å². The van der Waals surface area contributed by atoms with Gasteiger partial charge in [-0.15, -0.1) is 0 Å². The fourth-order valence-electron chi connectivity index (χ4n) is 1.13. The minimum absolute atomic E-state index is 0.153. The van der Waals surface area contributed by atoms with Gasteiger partial charge in [-0.1, -0.05) is 28.9 Å². The molecule has 0 aliphatic heterocycles. The van der Waals surface area contributed by atoms with Gasteiger partial charge in [0, 0.05) is 17.0 Å². The first-order chi connectivity index (χ1) is 6.19. The average Bonchev–Trinajstić information content (AvgIpc) is 2.16. The van der Waals surface area contributed by atoms with Crippen molar-refractivity contribution in [2.24, 2.45) is 0 Å². The Morgan fingerprint density at radius 3 is 2.69 bits per heavy atom. The van der Waals surface area contributed by atoms with Crippen LogP contribution in [0.2, 0.25) is 0 Å². The lowest BCUT2D eigenvalue weighted by atomic mass is 10.0. The van der Waals surface area contributed by atoms with Gasteiger partial charge >= 0.3 is 0 Å². The molecular formula is C10H13BrO2. The van der Waals surface area contributed by atoms with Gasteiger partial charge in [0.2, 0.25) is 0 Å². The Hall–Kier alpha value is -0.540. The van der Waals surface area contributed by atoms with Crippen LogP contribution in [0.1, 0.15) is 18.4 Å². The Kier molecular flexibility index (Phi) is 3.75. The molecule has 0 bridgehead atoms. The highest BCUT2D eigenvalue weighted by Crippen LogP contribution is 2.28. The lowest BCUT2D eigenvalue weighted by molar-refractivity contribution is 0.272. The van der Waals surface area contributed by atoms with Crippen molar-refractivity contribution in [1.82, 2.24) is 0 Å². The Balaban J connectivity index is 2.98. The number of aliphatic hydroxyl groups excluding tert-OH is 1. The Morgan fingerprint density at radius 1 is 1.54 bits per heavy atom. The Labute approximate surface area is 86.7 Å². The molecule has 0 saturated heterocycles. The molecule has 0 heterocycles. The summed E-state index contributed by atoms with van der Waals surface area (Å²) >= 11 is 3.44. The summed E-state index contributed by atoms with van der Waals surface area (Å²) in [7, 11) is 1.64. The van der Waals surface area contributed by atoms with Crippen molar-refractivity contribution >= 4 is 15.9 Å². The second kappa shape index (κ2) is 4.63. The number of methoxy groups -OCH3 is 1. The van der Waals surface area contributed by atoms with Crippen molar-refractivity contribution in [1.29, 1.82) is 0 Å². The van der Waals surface area contributed by atoms with Crippen molar-refractivity contribution in [3.8, 4) is 5.75 Å². The smallest absolute Gasteiger partial charge is 0.120 e. The molecule has 2 nitrogen and oxygen atoms in total. The van der Waals surface area contributed by atoms with E-state index in [0.29, 0.717) is 0 Å². The van der Waals surface area contributed by atoms with Crippen LogP contribution in [0.4, 0.5) is 0 Å². The highest BCUT2D eigenvalue weighted by molar-refractivity contribution is 9.10. The second-order valence-corrected chi connectivity index (χ2v) is 3.83. The molecule has 0 radical (unpaired) electrons. The van der Waals surface area contributed by atoms with Crippen LogP contribution in [-0.2, 0) is 0 Å². The van der Waals surface area contributed by atoms with Crippen LogP contribution in [0, 0.1) is 0 Å². The molecule has 13 heavy (non-hydrogen) atoms. The van der Waals surface area contributed by atoms with Crippen molar-refractivity contribution in [2.75, 3.05) is 13.7 Å². The molecular weight excluding hydrogens is 232 g/mol. The maximum atomic E-state index is 8.99. The number of aliphatic hydroxyl groups is 1. The number of rotatable bonds is 3. The summed E-state index contributed by atoms with van der Waals surface area (Å²) < 4.78 is 6.05. The number of ether oxygens (including phenoxy) is 1. The molecule has 0 amide bonds. The average molecular weight is 245 g/mol. The Bertz CT molecular complexity index is 286. The fraction of sp³-hybridized carbons (Fsp3) is 0.400. The third-order valence-corrected chi connectivity index (χ3v) is 2.70. The summed E-state index contributed by atoms with van der Waals surface area (Å²) in [6.45, 7) is 2.14. The van der Waals surface area contributed by atoms with Crippen molar-refractivity contribution in [3.05, 3.63) is 28.2 Å². The van der Waals surface area contributed by atoms with E-state index < -0.39 is 0 Å². The van der Waals surface area contributed by atoms with Gasteiger partial charge in [-0.2, -0.15) is 0 Å². The first-order valence-corrected chi connectivity index (χ1v) is 4.92. The summed E-state index contributed by atoms with van der Waals surface area (Å²) in [6.07, 6.45) is 0.